The second kappa shape index (κ2) is 7.74. The van der Waals surface area contributed by atoms with Crippen LogP contribution in [-0.4, -0.2) is 24.0 Å². The highest BCUT2D eigenvalue weighted by molar-refractivity contribution is 6.33. The lowest BCUT2D eigenvalue weighted by Gasteiger charge is -2.21. The van der Waals surface area contributed by atoms with Gasteiger partial charge < -0.3 is 10.2 Å². The number of alkyl halides is 3. The average molecular weight is 372 g/mol. The van der Waals surface area contributed by atoms with E-state index in [0.717, 1.165) is 37.0 Å². The number of benzene rings is 1. The second-order valence-corrected chi connectivity index (χ2v) is 5.63. The molecule has 0 saturated heterocycles. The Labute approximate surface area is 148 Å². The summed E-state index contributed by atoms with van der Waals surface area (Å²) in [6, 6.07) is 6.11. The third kappa shape index (κ3) is 4.63. The molecule has 1 N–H and O–H groups in total. The van der Waals surface area contributed by atoms with Crippen LogP contribution in [0.1, 0.15) is 29.9 Å². The Kier molecular flexibility index (Phi) is 5.89. The lowest BCUT2D eigenvalue weighted by Crippen LogP contribution is -2.23. The predicted molar refractivity (Wildman–Crippen MR) is 92.2 cm³/mol. The van der Waals surface area contributed by atoms with Crippen molar-refractivity contribution < 1.29 is 18.0 Å². The van der Waals surface area contributed by atoms with Crippen LogP contribution >= 0.6 is 11.6 Å². The SMILES string of the molecule is CCN(CC)c1ccnc(C(=O)Nc2cc(C(F)(F)F)ccc2Cl)c1. The number of aromatic nitrogens is 1. The van der Waals surface area contributed by atoms with E-state index >= 15 is 0 Å². The summed E-state index contributed by atoms with van der Waals surface area (Å²) in [5, 5.41) is 2.40. The summed E-state index contributed by atoms with van der Waals surface area (Å²) >= 11 is 5.89. The zero-order chi connectivity index (χ0) is 18.6. The van der Waals surface area contributed by atoms with Gasteiger partial charge >= 0.3 is 6.18 Å². The number of hydrogen-bond donors (Lipinski definition) is 1. The van der Waals surface area contributed by atoms with Crippen molar-refractivity contribution in [1.29, 1.82) is 0 Å². The minimum Gasteiger partial charge on any atom is -0.372 e. The highest BCUT2D eigenvalue weighted by atomic mass is 35.5. The van der Waals surface area contributed by atoms with Gasteiger partial charge in [0.15, 0.2) is 0 Å². The number of rotatable bonds is 5. The van der Waals surface area contributed by atoms with Gasteiger partial charge in [0, 0.05) is 25.0 Å². The Balaban J connectivity index is 2.27. The fraction of sp³-hybridized carbons (Fsp3) is 0.294. The van der Waals surface area contributed by atoms with Gasteiger partial charge in [0.05, 0.1) is 16.3 Å². The molecule has 2 rings (SSSR count). The number of nitrogens with zero attached hydrogens (tertiary/aromatic N) is 2. The molecule has 0 bridgehead atoms. The summed E-state index contributed by atoms with van der Waals surface area (Å²) in [7, 11) is 0. The number of halogens is 4. The van der Waals surface area contributed by atoms with Crippen LogP contribution in [0.15, 0.2) is 36.5 Å². The minimum absolute atomic E-state index is 0.0150. The Morgan fingerprint density at radius 3 is 2.48 bits per heavy atom. The van der Waals surface area contributed by atoms with Gasteiger partial charge in [-0.2, -0.15) is 13.2 Å². The highest BCUT2D eigenvalue weighted by Gasteiger charge is 2.31. The lowest BCUT2D eigenvalue weighted by molar-refractivity contribution is -0.137. The molecule has 0 spiro atoms. The van der Waals surface area contributed by atoms with E-state index in [1.165, 1.54) is 6.20 Å². The molecule has 4 nitrogen and oxygen atoms in total. The monoisotopic (exact) mass is 371 g/mol. The smallest absolute Gasteiger partial charge is 0.372 e. The molecule has 1 heterocycles. The fourth-order valence-corrected chi connectivity index (χ4v) is 2.48. The zero-order valence-corrected chi connectivity index (χ0v) is 14.4. The summed E-state index contributed by atoms with van der Waals surface area (Å²) in [6.07, 6.45) is -3.04. The predicted octanol–water partition coefficient (Wildman–Crippen LogP) is 4.85. The van der Waals surface area contributed by atoms with Crippen molar-refractivity contribution in [2.75, 3.05) is 23.3 Å². The van der Waals surface area contributed by atoms with Crippen LogP contribution in [0, 0.1) is 0 Å². The van der Waals surface area contributed by atoms with Crippen molar-refractivity contribution in [2.45, 2.75) is 20.0 Å². The Morgan fingerprint density at radius 1 is 1.20 bits per heavy atom. The molecule has 0 atom stereocenters. The van der Waals surface area contributed by atoms with Crippen LogP contribution in [0.2, 0.25) is 5.02 Å². The van der Waals surface area contributed by atoms with E-state index in [4.69, 9.17) is 11.6 Å². The fourth-order valence-electron chi connectivity index (χ4n) is 2.31. The second-order valence-electron chi connectivity index (χ2n) is 5.22. The average Bonchev–Trinajstić information content (AvgIpc) is 2.57. The maximum Gasteiger partial charge on any atom is 0.416 e. The molecule has 0 radical (unpaired) electrons. The van der Waals surface area contributed by atoms with E-state index in [2.05, 4.69) is 10.3 Å². The molecule has 134 valence electrons. The maximum atomic E-state index is 12.8. The molecular weight excluding hydrogens is 355 g/mol. The summed E-state index contributed by atoms with van der Waals surface area (Å²) in [6.45, 7) is 5.46. The maximum absolute atomic E-state index is 12.8. The van der Waals surface area contributed by atoms with Gasteiger partial charge in [0.25, 0.3) is 5.91 Å². The third-order valence-electron chi connectivity index (χ3n) is 3.65. The molecule has 0 aliphatic rings. The minimum atomic E-state index is -4.52. The van der Waals surface area contributed by atoms with E-state index in [1.54, 1.807) is 12.1 Å². The number of hydrogen-bond acceptors (Lipinski definition) is 3. The number of anilines is 2. The molecule has 1 aromatic carbocycles. The Morgan fingerprint density at radius 2 is 1.88 bits per heavy atom. The molecule has 25 heavy (non-hydrogen) atoms. The first-order valence-corrected chi connectivity index (χ1v) is 8.03. The van der Waals surface area contributed by atoms with Crippen molar-refractivity contribution in [3.05, 3.63) is 52.8 Å². The van der Waals surface area contributed by atoms with Gasteiger partial charge in [0.1, 0.15) is 5.69 Å². The van der Waals surface area contributed by atoms with E-state index < -0.39 is 17.6 Å². The molecule has 1 amide bonds. The van der Waals surface area contributed by atoms with Crippen LogP contribution in [-0.2, 0) is 6.18 Å². The van der Waals surface area contributed by atoms with E-state index in [9.17, 15) is 18.0 Å². The molecular formula is C17H17ClF3N3O. The first-order chi connectivity index (χ1) is 11.8. The van der Waals surface area contributed by atoms with Crippen LogP contribution in [0.3, 0.4) is 0 Å². The van der Waals surface area contributed by atoms with Crippen molar-refractivity contribution in [3.8, 4) is 0 Å². The normalized spacial score (nSPS) is 11.3. The number of amides is 1. The topological polar surface area (TPSA) is 45.2 Å². The molecule has 8 heteroatoms. The van der Waals surface area contributed by atoms with E-state index in [1.807, 2.05) is 18.7 Å². The van der Waals surface area contributed by atoms with Gasteiger partial charge in [-0.3, -0.25) is 9.78 Å². The molecule has 0 aliphatic heterocycles. The van der Waals surface area contributed by atoms with Crippen LogP contribution in [0.25, 0.3) is 0 Å². The summed E-state index contributed by atoms with van der Waals surface area (Å²) < 4.78 is 38.4. The van der Waals surface area contributed by atoms with Gasteiger partial charge in [-0.1, -0.05) is 11.6 Å². The Bertz CT molecular complexity index is 761. The van der Waals surface area contributed by atoms with Gasteiger partial charge in [-0.15, -0.1) is 0 Å². The standard InChI is InChI=1S/C17H17ClF3N3O/c1-3-24(4-2)12-7-8-22-15(10-12)16(25)23-14-9-11(17(19,20)21)5-6-13(14)18/h5-10H,3-4H2,1-2H3,(H,23,25). The quantitative estimate of drug-likeness (QED) is 0.817. The van der Waals surface area contributed by atoms with Crippen molar-refractivity contribution in [2.24, 2.45) is 0 Å². The van der Waals surface area contributed by atoms with Crippen molar-refractivity contribution >= 4 is 28.9 Å². The molecule has 2 aromatic rings. The molecule has 0 aliphatic carbocycles. The Hall–Kier alpha value is -2.28. The number of carbonyl (C=O) groups is 1. The van der Waals surface area contributed by atoms with Crippen LogP contribution in [0.4, 0.5) is 24.5 Å². The summed E-state index contributed by atoms with van der Waals surface area (Å²) in [4.78, 5) is 18.4. The molecule has 0 fully saturated rings. The van der Waals surface area contributed by atoms with Gasteiger partial charge in [-0.05, 0) is 44.2 Å². The zero-order valence-electron chi connectivity index (χ0n) is 13.7. The molecule has 1 aromatic heterocycles. The van der Waals surface area contributed by atoms with Crippen molar-refractivity contribution in [1.82, 2.24) is 4.98 Å². The lowest BCUT2D eigenvalue weighted by atomic mass is 10.2. The molecule has 0 unspecified atom stereocenters. The highest BCUT2D eigenvalue weighted by Crippen LogP contribution is 2.34. The van der Waals surface area contributed by atoms with Gasteiger partial charge in [-0.25, -0.2) is 0 Å². The molecule has 0 saturated carbocycles. The van der Waals surface area contributed by atoms with Crippen LogP contribution < -0.4 is 10.2 Å². The van der Waals surface area contributed by atoms with E-state index in [0.29, 0.717) is 0 Å². The number of pyridine rings is 1. The number of carbonyl (C=O) groups excluding carboxylic acids is 1. The first kappa shape index (κ1) is 19.1. The van der Waals surface area contributed by atoms with E-state index in [-0.39, 0.29) is 16.4 Å². The largest absolute Gasteiger partial charge is 0.416 e. The third-order valence-corrected chi connectivity index (χ3v) is 3.98. The van der Waals surface area contributed by atoms with Gasteiger partial charge in [0.2, 0.25) is 0 Å². The van der Waals surface area contributed by atoms with Crippen molar-refractivity contribution in [3.63, 3.8) is 0 Å². The summed E-state index contributed by atoms with van der Waals surface area (Å²) in [5.41, 5.74) is -0.105. The first-order valence-electron chi connectivity index (χ1n) is 7.65. The van der Waals surface area contributed by atoms with Crippen LogP contribution in [0.5, 0.6) is 0 Å². The number of nitrogens with one attached hydrogen (secondary N) is 1. The summed E-state index contributed by atoms with van der Waals surface area (Å²) in [5.74, 6) is -0.629.